The van der Waals surface area contributed by atoms with Crippen LogP contribution in [0.25, 0.3) is 0 Å². The molecule has 5 N–H and O–H groups in total. The minimum atomic E-state index is 0.0300. The van der Waals surface area contributed by atoms with E-state index in [1.807, 2.05) is 17.8 Å². The molecule has 1 heterocycles. The van der Waals surface area contributed by atoms with E-state index < -0.39 is 0 Å². The summed E-state index contributed by atoms with van der Waals surface area (Å²) in [6.45, 7) is 2.90. The van der Waals surface area contributed by atoms with Crippen molar-refractivity contribution in [3.05, 3.63) is 11.1 Å². The zero-order valence-corrected chi connectivity index (χ0v) is 14.4. The fourth-order valence-electron chi connectivity index (χ4n) is 1.83. The van der Waals surface area contributed by atoms with Gasteiger partial charge in [0.1, 0.15) is 0 Å². The van der Waals surface area contributed by atoms with Gasteiger partial charge in [0.05, 0.1) is 5.69 Å². The number of thioether (sulfide) groups is 1. The molecule has 0 aliphatic carbocycles. The Balaban J connectivity index is 2.34. The van der Waals surface area contributed by atoms with Gasteiger partial charge in [-0.1, -0.05) is 18.7 Å². The van der Waals surface area contributed by atoms with E-state index in [1.54, 1.807) is 0 Å². The molecule has 1 aromatic heterocycles. The van der Waals surface area contributed by atoms with Crippen molar-refractivity contribution in [3.8, 4) is 6.19 Å². The summed E-state index contributed by atoms with van der Waals surface area (Å²) in [7, 11) is 0. The van der Waals surface area contributed by atoms with Crippen molar-refractivity contribution in [2.75, 3.05) is 12.8 Å². The van der Waals surface area contributed by atoms with Crippen LogP contribution in [0.1, 0.15) is 25.5 Å². The highest BCUT2D eigenvalue weighted by Gasteiger charge is 2.07. The van der Waals surface area contributed by atoms with E-state index in [9.17, 15) is 0 Å². The maximum Gasteiger partial charge on any atom is 0.212 e. The van der Waals surface area contributed by atoms with Gasteiger partial charge >= 0.3 is 0 Å². The molecule has 1 atom stereocenters. The van der Waals surface area contributed by atoms with Gasteiger partial charge in [0, 0.05) is 11.9 Å². The normalized spacial score (nSPS) is 12.5. The van der Waals surface area contributed by atoms with E-state index in [4.69, 9.17) is 16.7 Å². The van der Waals surface area contributed by atoms with Crippen molar-refractivity contribution < 1.29 is 0 Å². The lowest BCUT2D eigenvalue weighted by Crippen LogP contribution is -2.21. The van der Waals surface area contributed by atoms with E-state index in [0.717, 1.165) is 25.0 Å². The molecule has 120 valence electrons. The van der Waals surface area contributed by atoms with Gasteiger partial charge in [-0.15, -0.1) is 11.3 Å². The highest BCUT2D eigenvalue weighted by Crippen LogP contribution is 2.21. The zero-order valence-electron chi connectivity index (χ0n) is 12.7. The van der Waals surface area contributed by atoms with Gasteiger partial charge in [-0.3, -0.25) is 10.3 Å². The van der Waals surface area contributed by atoms with Crippen LogP contribution >= 0.6 is 23.1 Å². The molecule has 1 rings (SSSR count). The molecule has 0 aliphatic rings. The summed E-state index contributed by atoms with van der Waals surface area (Å²) in [6.07, 6.45) is 6.69. The molecule has 0 aromatic carbocycles. The third-order valence-corrected chi connectivity index (χ3v) is 4.19. The second-order valence-electron chi connectivity index (χ2n) is 4.74. The molecule has 0 saturated carbocycles. The van der Waals surface area contributed by atoms with Gasteiger partial charge in [-0.05, 0) is 31.4 Å². The van der Waals surface area contributed by atoms with Crippen molar-refractivity contribution in [2.45, 2.75) is 26.2 Å². The van der Waals surface area contributed by atoms with Crippen molar-refractivity contribution in [1.82, 2.24) is 10.3 Å². The molecule has 0 amide bonds. The topological polar surface area (TPSA) is 125 Å². The first-order valence-electron chi connectivity index (χ1n) is 6.82. The number of hydrogen-bond donors (Lipinski definition) is 3. The molecule has 1 aromatic rings. The van der Waals surface area contributed by atoms with Crippen LogP contribution in [-0.2, 0) is 6.42 Å². The summed E-state index contributed by atoms with van der Waals surface area (Å²) >= 11 is 2.88. The molecule has 0 radical (unpaired) electrons. The number of rotatable bonds is 7. The summed E-state index contributed by atoms with van der Waals surface area (Å²) < 4.78 is 0. The maximum absolute atomic E-state index is 8.55. The molecule has 0 fully saturated rings. The lowest BCUT2D eigenvalue weighted by atomic mass is 10.0. The number of aromatic nitrogens is 1. The number of nitrogens with zero attached hydrogens (tertiary/aromatic N) is 4. The van der Waals surface area contributed by atoms with Crippen LogP contribution in [-0.4, -0.2) is 28.9 Å². The molecular weight excluding hydrogens is 318 g/mol. The van der Waals surface area contributed by atoms with Crippen LogP contribution in [0.4, 0.5) is 5.13 Å². The van der Waals surface area contributed by atoms with Crippen molar-refractivity contribution >= 4 is 39.4 Å². The largest absolute Gasteiger partial charge is 0.370 e. The molecule has 9 heteroatoms. The Hall–Kier alpha value is -1.79. The third kappa shape index (κ3) is 7.28. The van der Waals surface area contributed by atoms with E-state index >= 15 is 0 Å². The lowest BCUT2D eigenvalue weighted by Gasteiger charge is -2.08. The smallest absolute Gasteiger partial charge is 0.212 e. The van der Waals surface area contributed by atoms with Crippen LogP contribution in [0, 0.1) is 17.4 Å². The van der Waals surface area contributed by atoms with Crippen LogP contribution < -0.4 is 16.8 Å². The Labute approximate surface area is 138 Å². The number of nitriles is 1. The third-order valence-electron chi connectivity index (χ3n) is 2.79. The molecule has 1 unspecified atom stereocenters. The Morgan fingerprint density at radius 3 is 3.00 bits per heavy atom. The second kappa shape index (κ2) is 10.0. The molecule has 0 bridgehead atoms. The molecule has 0 spiro atoms. The van der Waals surface area contributed by atoms with Gasteiger partial charge in [0.2, 0.25) is 5.13 Å². The average molecular weight is 339 g/mol. The Morgan fingerprint density at radius 1 is 1.59 bits per heavy atom. The predicted molar refractivity (Wildman–Crippen MR) is 94.3 cm³/mol. The van der Waals surface area contributed by atoms with Gasteiger partial charge in [-0.2, -0.15) is 10.3 Å². The molecule has 22 heavy (non-hydrogen) atoms. The standard InChI is InChI=1S/C13H21N7S2/c1-9(4-3-5-17-12(21-2)18-8-14)6-10-7-22-13(19-10)20-11(15)16/h7,9H,3-6H2,1-2H3,(H,17,18)(H4,15,16,19,20). The zero-order chi connectivity index (χ0) is 16.4. The minimum Gasteiger partial charge on any atom is -0.370 e. The first-order valence-corrected chi connectivity index (χ1v) is 8.93. The summed E-state index contributed by atoms with van der Waals surface area (Å²) in [5, 5.41) is 14.3. The molecule has 0 aliphatic heterocycles. The van der Waals surface area contributed by atoms with Crippen molar-refractivity contribution in [1.29, 1.82) is 5.26 Å². The Morgan fingerprint density at radius 2 is 2.36 bits per heavy atom. The lowest BCUT2D eigenvalue weighted by molar-refractivity contribution is 0.508. The Kier molecular flexibility index (Phi) is 8.32. The summed E-state index contributed by atoms with van der Waals surface area (Å²) in [5.74, 6) is 0.536. The maximum atomic E-state index is 8.55. The fourth-order valence-corrected chi connectivity index (χ4v) is 2.92. The van der Waals surface area contributed by atoms with Crippen molar-refractivity contribution in [3.63, 3.8) is 0 Å². The quantitative estimate of drug-likeness (QED) is 0.229. The summed E-state index contributed by atoms with van der Waals surface area (Å²) in [4.78, 5) is 12.6. The van der Waals surface area contributed by atoms with Crippen LogP contribution in [0.15, 0.2) is 15.4 Å². The number of aliphatic imine (C=N–C) groups is 2. The van der Waals surface area contributed by atoms with E-state index in [0.29, 0.717) is 22.8 Å². The van der Waals surface area contributed by atoms with E-state index in [-0.39, 0.29) is 5.96 Å². The molecule has 0 saturated heterocycles. The molecular formula is C13H21N7S2. The first kappa shape index (κ1) is 18.3. The van der Waals surface area contributed by atoms with E-state index in [2.05, 4.69) is 27.2 Å². The highest BCUT2D eigenvalue weighted by molar-refractivity contribution is 8.13. The monoisotopic (exact) mass is 339 g/mol. The predicted octanol–water partition coefficient (Wildman–Crippen LogP) is 1.80. The van der Waals surface area contributed by atoms with Crippen molar-refractivity contribution in [2.24, 2.45) is 27.4 Å². The number of hydrogen-bond acceptors (Lipinski definition) is 6. The van der Waals surface area contributed by atoms with E-state index in [1.165, 1.54) is 23.1 Å². The number of nitrogens with one attached hydrogen (secondary N) is 1. The van der Waals surface area contributed by atoms with Gasteiger partial charge in [0.25, 0.3) is 0 Å². The summed E-state index contributed by atoms with van der Waals surface area (Å²) in [6, 6.07) is 0. The Bertz CT molecular complexity index is 555. The van der Waals surface area contributed by atoms with Crippen LogP contribution in [0.5, 0.6) is 0 Å². The number of nitrogens with two attached hydrogens (primary N) is 2. The summed E-state index contributed by atoms with van der Waals surface area (Å²) in [5.41, 5.74) is 11.7. The van der Waals surface area contributed by atoms with Gasteiger partial charge < -0.3 is 11.5 Å². The number of amidine groups is 1. The van der Waals surface area contributed by atoms with Crippen LogP contribution in [0.2, 0.25) is 0 Å². The van der Waals surface area contributed by atoms with Gasteiger partial charge in [0.15, 0.2) is 17.3 Å². The fraction of sp³-hybridized carbons (Fsp3) is 0.538. The second-order valence-corrected chi connectivity index (χ2v) is 6.37. The van der Waals surface area contributed by atoms with Gasteiger partial charge in [-0.25, -0.2) is 4.98 Å². The molecule has 7 nitrogen and oxygen atoms in total. The van der Waals surface area contributed by atoms with Crippen LogP contribution in [0.3, 0.4) is 0 Å². The minimum absolute atomic E-state index is 0.0300. The SMILES string of the molecule is CSC(=NCCCC(C)Cc1csc(N=C(N)N)n1)NC#N. The highest BCUT2D eigenvalue weighted by atomic mass is 32.2. The number of guanidine groups is 1. The first-order chi connectivity index (χ1) is 10.5. The number of thiazole rings is 1. The average Bonchev–Trinajstić information content (AvgIpc) is 2.88.